The topological polar surface area (TPSA) is 50.8 Å². The zero-order chi connectivity index (χ0) is 16.5. The smallest absolute Gasteiger partial charge is 0.334 e. The molecule has 5 nitrogen and oxygen atoms in total. The van der Waals surface area contributed by atoms with Crippen LogP contribution >= 0.6 is 11.6 Å². The molecule has 1 N–H and O–H groups in total. The average molecular weight is 339 g/mol. The van der Waals surface area contributed by atoms with Gasteiger partial charge in [0.15, 0.2) is 6.61 Å². The number of piperidine rings is 1. The van der Waals surface area contributed by atoms with Gasteiger partial charge in [-0.2, -0.15) is 0 Å². The molecule has 6 heteroatoms. The van der Waals surface area contributed by atoms with Crippen LogP contribution in [-0.4, -0.2) is 43.7 Å². The van der Waals surface area contributed by atoms with Crippen molar-refractivity contribution >= 4 is 23.3 Å². The van der Waals surface area contributed by atoms with Crippen LogP contribution in [0.1, 0.15) is 24.8 Å². The fourth-order valence-electron chi connectivity index (χ4n) is 2.41. The SMILES string of the molecule is C=C(NOCC(=O)OCCN1CCCCC1)c1ccc(Cl)cc1. The monoisotopic (exact) mass is 338 g/mol. The number of likely N-dealkylation sites (tertiary alicyclic amines) is 1. The maximum atomic E-state index is 11.6. The number of hydrogen-bond acceptors (Lipinski definition) is 5. The number of nitrogens with zero attached hydrogens (tertiary/aromatic N) is 1. The van der Waals surface area contributed by atoms with Crippen LogP contribution in [0.4, 0.5) is 0 Å². The van der Waals surface area contributed by atoms with Gasteiger partial charge < -0.3 is 4.74 Å². The zero-order valence-corrected chi connectivity index (χ0v) is 14.0. The Bertz CT molecular complexity index is 513. The highest BCUT2D eigenvalue weighted by Crippen LogP contribution is 2.14. The van der Waals surface area contributed by atoms with Gasteiger partial charge in [0.05, 0.1) is 5.70 Å². The van der Waals surface area contributed by atoms with Gasteiger partial charge in [-0.15, -0.1) is 0 Å². The number of benzene rings is 1. The number of carbonyl (C=O) groups excluding carboxylic acids is 1. The second-order valence-corrected chi connectivity index (χ2v) is 5.94. The molecule has 1 heterocycles. The maximum Gasteiger partial charge on any atom is 0.334 e. The van der Waals surface area contributed by atoms with Crippen molar-refractivity contribution in [1.82, 2.24) is 10.4 Å². The molecule has 1 saturated heterocycles. The molecule has 0 amide bonds. The Morgan fingerprint density at radius 1 is 1.22 bits per heavy atom. The minimum Gasteiger partial charge on any atom is -0.463 e. The van der Waals surface area contributed by atoms with Gasteiger partial charge in [-0.1, -0.05) is 36.7 Å². The molecule has 0 atom stereocenters. The van der Waals surface area contributed by atoms with Crippen molar-refractivity contribution in [1.29, 1.82) is 0 Å². The van der Waals surface area contributed by atoms with E-state index in [2.05, 4.69) is 17.0 Å². The summed E-state index contributed by atoms with van der Waals surface area (Å²) in [6, 6.07) is 7.16. The van der Waals surface area contributed by atoms with E-state index in [1.165, 1.54) is 19.3 Å². The van der Waals surface area contributed by atoms with Gasteiger partial charge in [0, 0.05) is 11.6 Å². The van der Waals surface area contributed by atoms with Gasteiger partial charge in [-0.25, -0.2) is 4.79 Å². The van der Waals surface area contributed by atoms with Crippen molar-refractivity contribution in [2.24, 2.45) is 0 Å². The quantitative estimate of drug-likeness (QED) is 0.583. The first-order chi connectivity index (χ1) is 11.1. The number of nitrogens with one attached hydrogen (secondary N) is 1. The van der Waals surface area contributed by atoms with Crippen LogP contribution in [0, 0.1) is 0 Å². The van der Waals surface area contributed by atoms with Crippen molar-refractivity contribution in [3.05, 3.63) is 41.4 Å². The van der Waals surface area contributed by atoms with Gasteiger partial charge in [0.2, 0.25) is 0 Å². The van der Waals surface area contributed by atoms with Gasteiger partial charge in [-0.3, -0.25) is 15.2 Å². The van der Waals surface area contributed by atoms with Gasteiger partial charge >= 0.3 is 5.97 Å². The molecule has 2 rings (SSSR count). The molecule has 1 aliphatic heterocycles. The van der Waals surface area contributed by atoms with E-state index in [-0.39, 0.29) is 6.61 Å². The van der Waals surface area contributed by atoms with Crippen molar-refractivity contribution in [2.45, 2.75) is 19.3 Å². The predicted molar refractivity (Wildman–Crippen MR) is 90.8 cm³/mol. The Morgan fingerprint density at radius 2 is 1.91 bits per heavy atom. The number of hydroxylamine groups is 1. The third-order valence-corrected chi connectivity index (χ3v) is 3.95. The molecule has 1 aromatic carbocycles. The number of hydrogen-bond donors (Lipinski definition) is 1. The normalized spacial score (nSPS) is 15.2. The molecule has 0 spiro atoms. The van der Waals surface area contributed by atoms with Crippen LogP contribution in [0.3, 0.4) is 0 Å². The second kappa shape index (κ2) is 9.55. The summed E-state index contributed by atoms with van der Waals surface area (Å²) in [7, 11) is 0. The van der Waals surface area contributed by atoms with Gasteiger partial charge in [0.25, 0.3) is 0 Å². The molecule has 23 heavy (non-hydrogen) atoms. The van der Waals surface area contributed by atoms with Crippen molar-refractivity contribution < 1.29 is 14.4 Å². The lowest BCUT2D eigenvalue weighted by atomic mass is 10.1. The van der Waals surface area contributed by atoms with Crippen LogP contribution in [0.15, 0.2) is 30.8 Å². The molecule has 0 bridgehead atoms. The fourth-order valence-corrected chi connectivity index (χ4v) is 2.53. The lowest BCUT2D eigenvalue weighted by Gasteiger charge is -2.25. The molecule has 1 aromatic rings. The summed E-state index contributed by atoms with van der Waals surface area (Å²) in [5.41, 5.74) is 4.04. The molecule has 0 aliphatic carbocycles. The van der Waals surface area contributed by atoms with Crippen molar-refractivity contribution in [3.63, 3.8) is 0 Å². The van der Waals surface area contributed by atoms with E-state index in [0.29, 0.717) is 17.3 Å². The number of ether oxygens (including phenoxy) is 1. The summed E-state index contributed by atoms with van der Waals surface area (Å²) >= 11 is 5.82. The number of esters is 1. The maximum absolute atomic E-state index is 11.6. The van der Waals surface area contributed by atoms with E-state index < -0.39 is 5.97 Å². The first kappa shape index (κ1) is 17.8. The van der Waals surface area contributed by atoms with E-state index in [0.717, 1.165) is 25.2 Å². The van der Waals surface area contributed by atoms with E-state index in [9.17, 15) is 4.79 Å². The molecular formula is C17H23ClN2O3. The van der Waals surface area contributed by atoms with Crippen LogP contribution in [0.25, 0.3) is 5.70 Å². The van der Waals surface area contributed by atoms with Gasteiger partial charge in [0.1, 0.15) is 6.61 Å². The fraction of sp³-hybridized carbons (Fsp3) is 0.471. The minimum absolute atomic E-state index is 0.160. The van der Waals surface area contributed by atoms with Gasteiger partial charge in [-0.05, 0) is 43.6 Å². The summed E-state index contributed by atoms with van der Waals surface area (Å²) < 4.78 is 5.16. The van der Waals surface area contributed by atoms with Crippen LogP contribution < -0.4 is 5.48 Å². The Balaban J connectivity index is 1.57. The Kier molecular flexibility index (Phi) is 7.39. The lowest BCUT2D eigenvalue weighted by molar-refractivity contribution is -0.151. The third-order valence-electron chi connectivity index (χ3n) is 3.70. The molecule has 126 valence electrons. The minimum atomic E-state index is -0.390. The molecule has 0 radical (unpaired) electrons. The number of rotatable bonds is 8. The van der Waals surface area contributed by atoms with E-state index in [1.807, 2.05) is 12.1 Å². The average Bonchev–Trinajstić information content (AvgIpc) is 2.56. The highest BCUT2D eigenvalue weighted by molar-refractivity contribution is 6.30. The van der Waals surface area contributed by atoms with Crippen LogP contribution in [0.2, 0.25) is 5.02 Å². The highest BCUT2D eigenvalue weighted by atomic mass is 35.5. The summed E-state index contributed by atoms with van der Waals surface area (Å²) in [5.74, 6) is -0.390. The second-order valence-electron chi connectivity index (χ2n) is 5.50. The Labute approximate surface area is 142 Å². The van der Waals surface area contributed by atoms with Crippen LogP contribution in [-0.2, 0) is 14.4 Å². The van der Waals surface area contributed by atoms with E-state index >= 15 is 0 Å². The summed E-state index contributed by atoms with van der Waals surface area (Å²) in [5, 5.41) is 0.653. The first-order valence-corrected chi connectivity index (χ1v) is 8.23. The molecular weight excluding hydrogens is 316 g/mol. The van der Waals surface area contributed by atoms with Crippen molar-refractivity contribution in [3.8, 4) is 0 Å². The predicted octanol–water partition coefficient (Wildman–Crippen LogP) is 2.86. The Morgan fingerprint density at radius 3 is 2.61 bits per heavy atom. The van der Waals surface area contributed by atoms with Crippen LogP contribution in [0.5, 0.6) is 0 Å². The standard InChI is InChI=1S/C17H23ClN2O3/c1-14(15-5-7-16(18)8-6-15)19-23-13-17(21)22-12-11-20-9-3-2-4-10-20/h5-8,19H,1-4,9-13H2. The number of carbonyl (C=O) groups is 1. The van der Waals surface area contributed by atoms with E-state index in [1.54, 1.807) is 12.1 Å². The highest BCUT2D eigenvalue weighted by Gasteiger charge is 2.11. The lowest BCUT2D eigenvalue weighted by Crippen LogP contribution is -2.33. The molecule has 1 aliphatic rings. The number of halogens is 1. The summed E-state index contributed by atoms with van der Waals surface area (Å²) in [4.78, 5) is 19.0. The summed E-state index contributed by atoms with van der Waals surface area (Å²) in [6.45, 7) is 7.06. The Hall–Kier alpha value is -1.56. The molecule has 1 fully saturated rings. The first-order valence-electron chi connectivity index (χ1n) is 7.86. The third kappa shape index (κ3) is 6.60. The molecule has 0 saturated carbocycles. The van der Waals surface area contributed by atoms with E-state index in [4.69, 9.17) is 21.2 Å². The molecule has 0 aromatic heterocycles. The largest absolute Gasteiger partial charge is 0.463 e. The van der Waals surface area contributed by atoms with Crippen molar-refractivity contribution in [2.75, 3.05) is 32.8 Å². The zero-order valence-electron chi connectivity index (χ0n) is 13.2. The summed E-state index contributed by atoms with van der Waals surface area (Å²) in [6.07, 6.45) is 3.76. The molecule has 0 unspecified atom stereocenters.